The Balaban J connectivity index is 1.63. The van der Waals surface area contributed by atoms with Gasteiger partial charge >= 0.3 is 0 Å². The van der Waals surface area contributed by atoms with Crippen molar-refractivity contribution in [2.24, 2.45) is 5.41 Å². The van der Waals surface area contributed by atoms with Crippen LogP contribution >= 0.6 is 23.2 Å². The molecule has 0 spiro atoms. The molecule has 3 rings (SSSR count). The molecule has 1 aliphatic carbocycles. The lowest BCUT2D eigenvalue weighted by atomic mass is 10.0. The molecule has 1 fully saturated rings. The van der Waals surface area contributed by atoms with E-state index in [2.05, 4.69) is 10.6 Å². The second-order valence-electron chi connectivity index (χ2n) is 6.36. The summed E-state index contributed by atoms with van der Waals surface area (Å²) in [5, 5.41) is 6.46. The van der Waals surface area contributed by atoms with E-state index in [4.69, 9.17) is 23.2 Å². The summed E-state index contributed by atoms with van der Waals surface area (Å²) >= 11 is 11.9. The van der Waals surface area contributed by atoms with E-state index >= 15 is 0 Å². The normalized spacial score (nSPS) is 14.7. The Morgan fingerprint density at radius 3 is 2.16 bits per heavy atom. The third kappa shape index (κ3) is 4.14. The number of carbonyl (C=O) groups is 2. The van der Waals surface area contributed by atoms with E-state index in [1.165, 1.54) is 0 Å². The van der Waals surface area contributed by atoms with Crippen LogP contribution in [0.5, 0.6) is 0 Å². The van der Waals surface area contributed by atoms with E-state index in [-0.39, 0.29) is 11.8 Å². The summed E-state index contributed by atoms with van der Waals surface area (Å²) in [4.78, 5) is 25.1. The summed E-state index contributed by atoms with van der Waals surface area (Å²) in [6.45, 7) is 2.41. The highest BCUT2D eigenvalue weighted by Crippen LogP contribution is 2.47. The number of amides is 2. The minimum atomic E-state index is -1.00. The Labute approximate surface area is 156 Å². The molecule has 2 amide bonds. The van der Waals surface area contributed by atoms with Crippen LogP contribution in [0.2, 0.25) is 10.0 Å². The summed E-state index contributed by atoms with van der Waals surface area (Å²) < 4.78 is 0. The summed E-state index contributed by atoms with van der Waals surface area (Å²) in [5.74, 6) is -0.578. The molecule has 1 aliphatic rings. The molecule has 1 saturated carbocycles. The summed E-state index contributed by atoms with van der Waals surface area (Å²) in [6, 6.07) is 12.7. The van der Waals surface area contributed by atoms with Crippen LogP contribution in [0.1, 0.15) is 24.0 Å². The SMILES string of the molecule is Cc1ccc(CNC(=O)C2(C(=O)Nc3cc(Cl)cc(Cl)c3)CC2)cc1. The van der Waals surface area contributed by atoms with Crippen LogP contribution in [0, 0.1) is 12.3 Å². The molecule has 0 aliphatic heterocycles. The minimum Gasteiger partial charge on any atom is -0.351 e. The minimum absolute atomic E-state index is 0.251. The Hall–Kier alpha value is -2.04. The van der Waals surface area contributed by atoms with Crippen LogP contribution in [0.4, 0.5) is 5.69 Å². The zero-order valence-electron chi connectivity index (χ0n) is 13.7. The average Bonchev–Trinajstić information content (AvgIpc) is 3.35. The largest absolute Gasteiger partial charge is 0.351 e. The zero-order chi connectivity index (χ0) is 18.0. The maximum atomic E-state index is 12.6. The smallest absolute Gasteiger partial charge is 0.240 e. The van der Waals surface area contributed by atoms with Crippen LogP contribution in [-0.2, 0) is 16.1 Å². The van der Waals surface area contributed by atoms with Gasteiger partial charge in [0.05, 0.1) is 0 Å². The number of aryl methyl sites for hydroxylation is 1. The van der Waals surface area contributed by atoms with E-state index in [0.717, 1.165) is 11.1 Å². The van der Waals surface area contributed by atoms with Crippen molar-refractivity contribution in [3.05, 3.63) is 63.6 Å². The van der Waals surface area contributed by atoms with Gasteiger partial charge in [-0.25, -0.2) is 0 Å². The molecule has 0 heterocycles. The van der Waals surface area contributed by atoms with Crippen molar-refractivity contribution in [2.45, 2.75) is 26.3 Å². The third-order valence-electron chi connectivity index (χ3n) is 4.31. The molecule has 0 bridgehead atoms. The number of rotatable bonds is 5. The molecular formula is C19H18Cl2N2O2. The van der Waals surface area contributed by atoms with Gasteiger partial charge in [-0.1, -0.05) is 53.0 Å². The Morgan fingerprint density at radius 2 is 1.60 bits per heavy atom. The molecule has 6 heteroatoms. The van der Waals surface area contributed by atoms with Crippen molar-refractivity contribution in [1.82, 2.24) is 5.32 Å². The molecule has 0 radical (unpaired) electrons. The van der Waals surface area contributed by atoms with Gasteiger partial charge in [-0.05, 0) is 43.5 Å². The molecule has 0 aromatic heterocycles. The number of hydrogen-bond donors (Lipinski definition) is 2. The van der Waals surface area contributed by atoms with Crippen LogP contribution in [-0.4, -0.2) is 11.8 Å². The molecule has 0 saturated heterocycles. The Kier molecular flexibility index (Phi) is 5.02. The molecule has 0 atom stereocenters. The maximum absolute atomic E-state index is 12.6. The number of benzene rings is 2. The van der Waals surface area contributed by atoms with Gasteiger partial charge in [0.2, 0.25) is 11.8 Å². The lowest BCUT2D eigenvalue weighted by molar-refractivity contribution is -0.134. The average molecular weight is 377 g/mol. The van der Waals surface area contributed by atoms with Gasteiger partial charge in [-0.3, -0.25) is 9.59 Å². The topological polar surface area (TPSA) is 58.2 Å². The lowest BCUT2D eigenvalue weighted by Crippen LogP contribution is -2.39. The Bertz CT molecular complexity index is 794. The maximum Gasteiger partial charge on any atom is 0.240 e. The molecule has 0 unspecified atom stereocenters. The number of hydrogen-bond acceptors (Lipinski definition) is 2. The van der Waals surface area contributed by atoms with Crippen molar-refractivity contribution < 1.29 is 9.59 Å². The van der Waals surface area contributed by atoms with Crippen molar-refractivity contribution in [2.75, 3.05) is 5.32 Å². The number of anilines is 1. The highest BCUT2D eigenvalue weighted by molar-refractivity contribution is 6.35. The molecule has 2 aromatic carbocycles. The zero-order valence-corrected chi connectivity index (χ0v) is 15.2. The molecule has 4 nitrogen and oxygen atoms in total. The van der Waals surface area contributed by atoms with Crippen molar-refractivity contribution in [3.8, 4) is 0 Å². The van der Waals surface area contributed by atoms with Crippen LogP contribution < -0.4 is 10.6 Å². The third-order valence-corrected chi connectivity index (χ3v) is 4.75. The summed E-state index contributed by atoms with van der Waals surface area (Å²) in [5.41, 5.74) is 1.64. The van der Waals surface area contributed by atoms with Gasteiger partial charge in [0.25, 0.3) is 0 Å². The monoisotopic (exact) mass is 376 g/mol. The van der Waals surface area contributed by atoms with E-state index in [9.17, 15) is 9.59 Å². The summed E-state index contributed by atoms with van der Waals surface area (Å²) in [7, 11) is 0. The van der Waals surface area contributed by atoms with E-state index in [1.54, 1.807) is 18.2 Å². The number of nitrogens with one attached hydrogen (secondary N) is 2. The van der Waals surface area contributed by atoms with Gasteiger partial charge < -0.3 is 10.6 Å². The highest BCUT2D eigenvalue weighted by atomic mass is 35.5. The van der Waals surface area contributed by atoms with E-state index < -0.39 is 5.41 Å². The summed E-state index contributed by atoms with van der Waals surface area (Å²) in [6.07, 6.45) is 1.07. The van der Waals surface area contributed by atoms with E-state index in [1.807, 2.05) is 31.2 Å². The fourth-order valence-corrected chi connectivity index (χ4v) is 3.14. The van der Waals surface area contributed by atoms with Crippen molar-refractivity contribution >= 4 is 40.7 Å². The van der Waals surface area contributed by atoms with Gasteiger partial charge in [-0.2, -0.15) is 0 Å². The first-order chi connectivity index (χ1) is 11.9. The Morgan fingerprint density at radius 1 is 1.00 bits per heavy atom. The quantitative estimate of drug-likeness (QED) is 0.762. The van der Waals surface area contributed by atoms with Gasteiger partial charge in [-0.15, -0.1) is 0 Å². The van der Waals surface area contributed by atoms with Crippen molar-refractivity contribution in [1.29, 1.82) is 0 Å². The van der Waals surface area contributed by atoms with Crippen LogP contribution in [0.3, 0.4) is 0 Å². The molecular weight excluding hydrogens is 359 g/mol. The van der Waals surface area contributed by atoms with Gasteiger partial charge in [0.15, 0.2) is 0 Å². The fraction of sp³-hybridized carbons (Fsp3) is 0.263. The van der Waals surface area contributed by atoms with Crippen molar-refractivity contribution in [3.63, 3.8) is 0 Å². The van der Waals surface area contributed by atoms with E-state index in [0.29, 0.717) is 35.1 Å². The first-order valence-corrected chi connectivity index (χ1v) is 8.76. The first kappa shape index (κ1) is 17.8. The molecule has 25 heavy (non-hydrogen) atoms. The second kappa shape index (κ2) is 7.06. The number of halogens is 2. The predicted octanol–water partition coefficient (Wildman–Crippen LogP) is 4.34. The fourth-order valence-electron chi connectivity index (χ4n) is 2.62. The standard InChI is InChI=1S/C19H18Cl2N2O2/c1-12-2-4-13(5-3-12)11-22-17(24)19(6-7-19)18(25)23-16-9-14(20)8-15(21)10-16/h2-5,8-10H,6-7,11H2,1H3,(H,22,24)(H,23,25). The molecule has 2 N–H and O–H groups in total. The second-order valence-corrected chi connectivity index (χ2v) is 7.24. The van der Waals surface area contributed by atoms with Gasteiger partial charge in [0, 0.05) is 22.3 Å². The van der Waals surface area contributed by atoms with Crippen LogP contribution in [0.25, 0.3) is 0 Å². The molecule has 130 valence electrons. The first-order valence-electron chi connectivity index (χ1n) is 8.00. The lowest BCUT2D eigenvalue weighted by Gasteiger charge is -2.16. The number of carbonyl (C=O) groups excluding carboxylic acids is 2. The highest BCUT2D eigenvalue weighted by Gasteiger charge is 2.56. The van der Waals surface area contributed by atoms with Crippen LogP contribution in [0.15, 0.2) is 42.5 Å². The molecule has 2 aromatic rings. The predicted molar refractivity (Wildman–Crippen MR) is 99.8 cm³/mol. The van der Waals surface area contributed by atoms with Gasteiger partial charge in [0.1, 0.15) is 5.41 Å².